The second-order valence-electron chi connectivity index (χ2n) is 4.82. The molecule has 0 aromatic heterocycles. The highest BCUT2D eigenvalue weighted by atomic mass is 79.9. The van der Waals surface area contributed by atoms with Crippen LogP contribution in [-0.2, 0) is 4.79 Å². The number of rotatable bonds is 8. The average molecular weight is 394 g/mol. The van der Waals surface area contributed by atoms with Gasteiger partial charge in [0.15, 0.2) is 6.61 Å². The van der Waals surface area contributed by atoms with Gasteiger partial charge >= 0.3 is 0 Å². The zero-order valence-electron chi connectivity index (χ0n) is 13.7. The summed E-state index contributed by atoms with van der Waals surface area (Å²) in [5.74, 6) is 1.61. The Labute approximate surface area is 150 Å². The smallest absolute Gasteiger partial charge is 0.262 e. The number of carbonyl (C=O) groups is 1. The molecule has 128 valence electrons. The van der Waals surface area contributed by atoms with Gasteiger partial charge in [0, 0.05) is 10.5 Å². The Hall–Kier alpha value is -2.21. The number of halogens is 1. The summed E-state index contributed by atoms with van der Waals surface area (Å²) in [5, 5.41) is 2.80. The quantitative estimate of drug-likeness (QED) is 0.727. The van der Waals surface area contributed by atoms with Crippen LogP contribution in [0.4, 0.5) is 5.69 Å². The molecule has 0 radical (unpaired) electrons. The van der Waals surface area contributed by atoms with E-state index in [0.717, 1.165) is 4.47 Å². The average Bonchev–Trinajstić information content (AvgIpc) is 2.56. The van der Waals surface area contributed by atoms with Crippen LogP contribution in [0.15, 0.2) is 46.9 Å². The maximum Gasteiger partial charge on any atom is 0.262 e. The third kappa shape index (κ3) is 5.45. The standard InChI is InChI=1S/C18H20BrNO4/c1-3-22-15-8-9-17(23-4-2)16(11-15)20-18(21)12-24-14-7-5-6-13(19)10-14/h5-11H,3-4,12H2,1-2H3,(H,20,21). The summed E-state index contributed by atoms with van der Waals surface area (Å²) in [5.41, 5.74) is 0.561. The fraction of sp³-hybridized carbons (Fsp3) is 0.278. The Bertz CT molecular complexity index is 690. The van der Waals surface area contributed by atoms with Crippen LogP contribution in [0.3, 0.4) is 0 Å². The van der Waals surface area contributed by atoms with Gasteiger partial charge in [-0.1, -0.05) is 22.0 Å². The summed E-state index contributed by atoms with van der Waals surface area (Å²) in [6.45, 7) is 4.75. The van der Waals surface area contributed by atoms with Crippen molar-refractivity contribution in [2.45, 2.75) is 13.8 Å². The summed E-state index contributed by atoms with van der Waals surface area (Å²) < 4.78 is 17.4. The second-order valence-corrected chi connectivity index (χ2v) is 5.73. The highest BCUT2D eigenvalue weighted by molar-refractivity contribution is 9.10. The van der Waals surface area contributed by atoms with Gasteiger partial charge in [-0.3, -0.25) is 4.79 Å². The summed E-state index contributed by atoms with van der Waals surface area (Å²) in [6, 6.07) is 12.7. The molecule has 0 fully saturated rings. The predicted molar refractivity (Wildman–Crippen MR) is 97.0 cm³/mol. The Morgan fingerprint density at radius 1 is 1.00 bits per heavy atom. The number of hydrogen-bond acceptors (Lipinski definition) is 4. The minimum atomic E-state index is -0.274. The van der Waals surface area contributed by atoms with Crippen molar-refractivity contribution in [3.63, 3.8) is 0 Å². The van der Waals surface area contributed by atoms with Crippen molar-refractivity contribution in [2.75, 3.05) is 25.1 Å². The van der Waals surface area contributed by atoms with E-state index in [9.17, 15) is 4.79 Å². The number of hydrogen-bond donors (Lipinski definition) is 1. The van der Waals surface area contributed by atoms with Gasteiger partial charge in [0.25, 0.3) is 5.91 Å². The molecule has 0 heterocycles. The number of nitrogens with one attached hydrogen (secondary N) is 1. The molecule has 0 saturated heterocycles. The lowest BCUT2D eigenvalue weighted by Gasteiger charge is -2.14. The van der Waals surface area contributed by atoms with E-state index in [1.54, 1.807) is 24.3 Å². The summed E-state index contributed by atoms with van der Waals surface area (Å²) in [4.78, 5) is 12.2. The first-order valence-electron chi connectivity index (χ1n) is 7.70. The molecular weight excluding hydrogens is 374 g/mol. The maximum atomic E-state index is 12.2. The van der Waals surface area contributed by atoms with Crippen LogP contribution < -0.4 is 19.5 Å². The first kappa shape index (κ1) is 18.1. The van der Waals surface area contributed by atoms with Crippen LogP contribution >= 0.6 is 15.9 Å². The van der Waals surface area contributed by atoms with Crippen LogP contribution in [0.5, 0.6) is 17.2 Å². The monoisotopic (exact) mass is 393 g/mol. The first-order chi connectivity index (χ1) is 11.6. The molecule has 2 aromatic rings. The van der Waals surface area contributed by atoms with Crippen molar-refractivity contribution in [3.8, 4) is 17.2 Å². The van der Waals surface area contributed by atoms with Gasteiger partial charge in [-0.05, 0) is 44.2 Å². The van der Waals surface area contributed by atoms with E-state index in [1.165, 1.54) is 0 Å². The van der Waals surface area contributed by atoms with Gasteiger partial charge in [0.1, 0.15) is 17.2 Å². The van der Waals surface area contributed by atoms with E-state index in [1.807, 2.05) is 32.0 Å². The number of benzene rings is 2. The highest BCUT2D eigenvalue weighted by Gasteiger charge is 2.10. The van der Waals surface area contributed by atoms with Gasteiger partial charge in [-0.15, -0.1) is 0 Å². The van der Waals surface area contributed by atoms with Crippen LogP contribution in [0, 0.1) is 0 Å². The molecule has 0 aliphatic rings. The molecule has 0 saturated carbocycles. The van der Waals surface area contributed by atoms with E-state index < -0.39 is 0 Å². The highest BCUT2D eigenvalue weighted by Crippen LogP contribution is 2.29. The zero-order chi connectivity index (χ0) is 17.4. The third-order valence-electron chi connectivity index (χ3n) is 3.00. The minimum Gasteiger partial charge on any atom is -0.494 e. The van der Waals surface area contributed by atoms with Gasteiger partial charge in [-0.2, -0.15) is 0 Å². The summed E-state index contributed by atoms with van der Waals surface area (Å²) in [7, 11) is 0. The SMILES string of the molecule is CCOc1ccc(OCC)c(NC(=O)COc2cccc(Br)c2)c1. The molecule has 0 aliphatic carbocycles. The van der Waals surface area contributed by atoms with E-state index in [4.69, 9.17) is 14.2 Å². The van der Waals surface area contributed by atoms with E-state index in [-0.39, 0.29) is 12.5 Å². The lowest BCUT2D eigenvalue weighted by Crippen LogP contribution is -2.20. The molecule has 24 heavy (non-hydrogen) atoms. The summed E-state index contributed by atoms with van der Waals surface area (Å²) >= 11 is 3.36. The van der Waals surface area contributed by atoms with Gasteiger partial charge in [0.2, 0.25) is 0 Å². The first-order valence-corrected chi connectivity index (χ1v) is 8.49. The fourth-order valence-corrected chi connectivity index (χ4v) is 2.41. The number of amides is 1. The Kier molecular flexibility index (Phi) is 6.93. The molecule has 0 aliphatic heterocycles. The molecule has 0 unspecified atom stereocenters. The van der Waals surface area contributed by atoms with Crippen molar-refractivity contribution in [1.29, 1.82) is 0 Å². The van der Waals surface area contributed by atoms with Crippen molar-refractivity contribution < 1.29 is 19.0 Å². The molecule has 0 atom stereocenters. The third-order valence-corrected chi connectivity index (χ3v) is 3.50. The Morgan fingerprint density at radius 2 is 1.75 bits per heavy atom. The second kappa shape index (κ2) is 9.17. The molecule has 1 N–H and O–H groups in total. The number of carbonyl (C=O) groups excluding carboxylic acids is 1. The molecule has 6 heteroatoms. The topological polar surface area (TPSA) is 56.8 Å². The zero-order valence-corrected chi connectivity index (χ0v) is 15.3. The normalized spacial score (nSPS) is 10.1. The molecule has 1 amide bonds. The number of anilines is 1. The molecule has 5 nitrogen and oxygen atoms in total. The van der Waals surface area contributed by atoms with E-state index >= 15 is 0 Å². The molecule has 2 rings (SSSR count). The lowest BCUT2D eigenvalue weighted by molar-refractivity contribution is -0.118. The molecule has 0 bridgehead atoms. The largest absolute Gasteiger partial charge is 0.494 e. The van der Waals surface area contributed by atoms with Gasteiger partial charge < -0.3 is 19.5 Å². The van der Waals surface area contributed by atoms with Crippen LogP contribution in [0.1, 0.15) is 13.8 Å². The van der Waals surface area contributed by atoms with Crippen molar-refractivity contribution in [3.05, 3.63) is 46.9 Å². The maximum absolute atomic E-state index is 12.2. The van der Waals surface area contributed by atoms with Gasteiger partial charge in [-0.25, -0.2) is 0 Å². The Balaban J connectivity index is 2.02. The van der Waals surface area contributed by atoms with Crippen LogP contribution in [0.25, 0.3) is 0 Å². The van der Waals surface area contributed by atoms with E-state index in [0.29, 0.717) is 36.1 Å². The van der Waals surface area contributed by atoms with Gasteiger partial charge in [0.05, 0.1) is 18.9 Å². The lowest BCUT2D eigenvalue weighted by atomic mass is 10.2. The van der Waals surface area contributed by atoms with E-state index in [2.05, 4.69) is 21.2 Å². The Morgan fingerprint density at radius 3 is 2.46 bits per heavy atom. The van der Waals surface area contributed by atoms with Crippen molar-refractivity contribution in [1.82, 2.24) is 0 Å². The number of ether oxygens (including phenoxy) is 3. The molecule has 2 aromatic carbocycles. The van der Waals surface area contributed by atoms with Crippen LogP contribution in [-0.4, -0.2) is 25.7 Å². The van der Waals surface area contributed by atoms with Crippen LogP contribution in [0.2, 0.25) is 0 Å². The fourth-order valence-electron chi connectivity index (χ4n) is 2.04. The van der Waals surface area contributed by atoms with Crippen molar-refractivity contribution >= 4 is 27.5 Å². The van der Waals surface area contributed by atoms with Crippen molar-refractivity contribution in [2.24, 2.45) is 0 Å². The molecular formula is C18H20BrNO4. The predicted octanol–water partition coefficient (Wildman–Crippen LogP) is 4.26. The summed E-state index contributed by atoms with van der Waals surface area (Å²) in [6.07, 6.45) is 0. The minimum absolute atomic E-state index is 0.0963. The molecule has 0 spiro atoms.